The van der Waals surface area contributed by atoms with Gasteiger partial charge in [0.05, 0.1) is 0 Å². The van der Waals surface area contributed by atoms with E-state index in [1.807, 2.05) is 0 Å². The van der Waals surface area contributed by atoms with E-state index in [9.17, 15) is 14.0 Å². The van der Waals surface area contributed by atoms with Crippen LogP contribution in [0, 0.1) is 11.2 Å². The minimum atomic E-state index is -1.38. The first-order valence-electron chi connectivity index (χ1n) is 5.35. The summed E-state index contributed by atoms with van der Waals surface area (Å²) in [7, 11) is 0. The Bertz CT molecular complexity index is 443. The fraction of sp³-hybridized carbons (Fsp3) is 0.333. The SMILES string of the molecule is CC(C)(C(=O)NO)C(=O)NCc1ccc(F)cc1. The minimum absolute atomic E-state index is 0.182. The lowest BCUT2D eigenvalue weighted by molar-refractivity contribution is -0.146. The number of hydrogen-bond acceptors (Lipinski definition) is 3. The van der Waals surface area contributed by atoms with Crippen LogP contribution in [0.3, 0.4) is 0 Å². The third-order valence-corrected chi connectivity index (χ3v) is 2.60. The molecule has 3 N–H and O–H groups in total. The van der Waals surface area contributed by atoms with E-state index in [0.29, 0.717) is 5.56 Å². The van der Waals surface area contributed by atoms with Crippen LogP contribution in [0.1, 0.15) is 19.4 Å². The number of hydrogen-bond donors (Lipinski definition) is 3. The summed E-state index contributed by atoms with van der Waals surface area (Å²) in [6.45, 7) is 2.96. The Morgan fingerprint density at radius 1 is 1.22 bits per heavy atom. The summed E-state index contributed by atoms with van der Waals surface area (Å²) in [6, 6.07) is 5.64. The third-order valence-electron chi connectivity index (χ3n) is 2.60. The van der Waals surface area contributed by atoms with Crippen molar-refractivity contribution < 1.29 is 19.2 Å². The van der Waals surface area contributed by atoms with Crippen LogP contribution in [0.5, 0.6) is 0 Å². The number of nitrogens with one attached hydrogen (secondary N) is 2. The normalized spacial score (nSPS) is 10.9. The molecule has 0 aromatic heterocycles. The predicted molar refractivity (Wildman–Crippen MR) is 62.0 cm³/mol. The lowest BCUT2D eigenvalue weighted by atomic mass is 9.91. The average molecular weight is 254 g/mol. The van der Waals surface area contributed by atoms with E-state index in [1.54, 1.807) is 0 Å². The van der Waals surface area contributed by atoms with E-state index in [-0.39, 0.29) is 12.4 Å². The number of benzene rings is 1. The van der Waals surface area contributed by atoms with Crippen LogP contribution in [0.2, 0.25) is 0 Å². The van der Waals surface area contributed by atoms with Gasteiger partial charge in [-0.1, -0.05) is 12.1 Å². The monoisotopic (exact) mass is 254 g/mol. The van der Waals surface area contributed by atoms with Gasteiger partial charge in [0.15, 0.2) is 0 Å². The van der Waals surface area contributed by atoms with Crippen molar-refractivity contribution in [2.45, 2.75) is 20.4 Å². The van der Waals surface area contributed by atoms with Crippen LogP contribution in [-0.2, 0) is 16.1 Å². The molecular formula is C12H15FN2O3. The average Bonchev–Trinajstić information content (AvgIpc) is 2.36. The molecule has 18 heavy (non-hydrogen) atoms. The van der Waals surface area contributed by atoms with Gasteiger partial charge >= 0.3 is 0 Å². The zero-order valence-electron chi connectivity index (χ0n) is 10.2. The van der Waals surface area contributed by atoms with Gasteiger partial charge in [-0.05, 0) is 31.5 Å². The molecule has 1 rings (SSSR count). The number of halogens is 1. The highest BCUT2D eigenvalue weighted by Crippen LogP contribution is 2.15. The molecule has 0 aliphatic carbocycles. The molecule has 0 aliphatic rings. The summed E-state index contributed by atoms with van der Waals surface area (Å²) >= 11 is 0. The first-order chi connectivity index (χ1) is 8.37. The van der Waals surface area contributed by atoms with Gasteiger partial charge in [0, 0.05) is 6.54 Å². The quantitative estimate of drug-likeness (QED) is 0.425. The zero-order valence-corrected chi connectivity index (χ0v) is 10.2. The van der Waals surface area contributed by atoms with Gasteiger partial charge in [0.2, 0.25) is 5.91 Å². The highest BCUT2D eigenvalue weighted by atomic mass is 19.1. The molecule has 0 unspecified atom stereocenters. The molecule has 1 aromatic carbocycles. The van der Waals surface area contributed by atoms with Gasteiger partial charge in [0.1, 0.15) is 11.2 Å². The predicted octanol–water partition coefficient (Wildman–Crippen LogP) is 0.974. The van der Waals surface area contributed by atoms with Crippen molar-refractivity contribution >= 4 is 11.8 Å². The van der Waals surface area contributed by atoms with Crippen molar-refractivity contribution in [3.05, 3.63) is 35.6 Å². The highest BCUT2D eigenvalue weighted by Gasteiger charge is 2.35. The maximum absolute atomic E-state index is 12.7. The molecular weight excluding hydrogens is 239 g/mol. The molecule has 0 heterocycles. The molecule has 2 amide bonds. The van der Waals surface area contributed by atoms with E-state index in [2.05, 4.69) is 5.32 Å². The number of hydroxylamine groups is 1. The first-order valence-corrected chi connectivity index (χ1v) is 5.35. The molecule has 0 radical (unpaired) electrons. The van der Waals surface area contributed by atoms with Crippen molar-refractivity contribution in [3.63, 3.8) is 0 Å². The summed E-state index contributed by atoms with van der Waals surface area (Å²) in [5.41, 5.74) is 0.775. The second-order valence-corrected chi connectivity index (χ2v) is 4.38. The molecule has 0 aliphatic heterocycles. The summed E-state index contributed by atoms with van der Waals surface area (Å²) in [6.07, 6.45) is 0. The number of rotatable bonds is 4. The Morgan fingerprint density at radius 3 is 2.28 bits per heavy atom. The zero-order chi connectivity index (χ0) is 13.8. The summed E-state index contributed by atoms with van der Waals surface area (Å²) in [4.78, 5) is 23.0. The van der Waals surface area contributed by atoms with Crippen molar-refractivity contribution in [1.82, 2.24) is 10.8 Å². The second kappa shape index (κ2) is 5.59. The number of carbonyl (C=O) groups is 2. The number of amides is 2. The molecule has 1 aromatic rings. The van der Waals surface area contributed by atoms with Crippen molar-refractivity contribution in [1.29, 1.82) is 0 Å². The van der Waals surface area contributed by atoms with Gasteiger partial charge in [0.25, 0.3) is 5.91 Å². The minimum Gasteiger partial charge on any atom is -0.351 e. The van der Waals surface area contributed by atoms with E-state index in [1.165, 1.54) is 43.6 Å². The third kappa shape index (κ3) is 3.27. The molecule has 0 fully saturated rings. The van der Waals surface area contributed by atoms with Crippen LogP contribution in [0.15, 0.2) is 24.3 Å². The van der Waals surface area contributed by atoms with Crippen molar-refractivity contribution in [2.75, 3.05) is 0 Å². The Hall–Kier alpha value is -1.95. The van der Waals surface area contributed by atoms with Gasteiger partial charge in [-0.15, -0.1) is 0 Å². The molecule has 98 valence electrons. The van der Waals surface area contributed by atoms with E-state index < -0.39 is 17.2 Å². The smallest absolute Gasteiger partial charge is 0.258 e. The van der Waals surface area contributed by atoms with Gasteiger partial charge in [-0.3, -0.25) is 14.8 Å². The first kappa shape index (κ1) is 14.1. The van der Waals surface area contributed by atoms with Gasteiger partial charge in [-0.2, -0.15) is 0 Å². The Morgan fingerprint density at radius 2 is 1.78 bits per heavy atom. The lowest BCUT2D eigenvalue weighted by Gasteiger charge is -2.20. The fourth-order valence-electron chi connectivity index (χ4n) is 1.25. The van der Waals surface area contributed by atoms with Crippen LogP contribution in [0.4, 0.5) is 4.39 Å². The molecule has 0 bridgehead atoms. The van der Waals surface area contributed by atoms with E-state index in [0.717, 1.165) is 0 Å². The standard InChI is InChI=1S/C12H15FN2O3/c1-12(2,11(17)15-18)10(16)14-7-8-3-5-9(13)6-4-8/h3-6,18H,7H2,1-2H3,(H,14,16)(H,15,17). The van der Waals surface area contributed by atoms with E-state index in [4.69, 9.17) is 5.21 Å². The van der Waals surface area contributed by atoms with E-state index >= 15 is 0 Å². The molecule has 0 saturated heterocycles. The van der Waals surface area contributed by atoms with Crippen LogP contribution >= 0.6 is 0 Å². The van der Waals surface area contributed by atoms with Crippen LogP contribution < -0.4 is 10.8 Å². The molecule has 0 spiro atoms. The van der Waals surface area contributed by atoms with Crippen molar-refractivity contribution in [2.24, 2.45) is 5.41 Å². The van der Waals surface area contributed by atoms with Crippen molar-refractivity contribution in [3.8, 4) is 0 Å². The Labute approximate surface area is 104 Å². The van der Waals surface area contributed by atoms with Gasteiger partial charge < -0.3 is 5.32 Å². The topological polar surface area (TPSA) is 78.4 Å². The summed E-state index contributed by atoms with van der Waals surface area (Å²) < 4.78 is 12.7. The summed E-state index contributed by atoms with van der Waals surface area (Å²) in [5, 5.41) is 11.1. The van der Waals surface area contributed by atoms with Crippen LogP contribution in [-0.4, -0.2) is 17.0 Å². The summed E-state index contributed by atoms with van der Waals surface area (Å²) in [5.74, 6) is -1.68. The van der Waals surface area contributed by atoms with Crippen LogP contribution in [0.25, 0.3) is 0 Å². The Balaban J connectivity index is 2.61. The van der Waals surface area contributed by atoms with Gasteiger partial charge in [-0.25, -0.2) is 9.87 Å². The number of carbonyl (C=O) groups excluding carboxylic acids is 2. The maximum atomic E-state index is 12.7. The lowest BCUT2D eigenvalue weighted by Crippen LogP contribution is -2.46. The Kier molecular flexibility index (Phi) is 4.38. The molecule has 6 heteroatoms. The highest BCUT2D eigenvalue weighted by molar-refractivity contribution is 6.03. The fourth-order valence-corrected chi connectivity index (χ4v) is 1.25. The largest absolute Gasteiger partial charge is 0.351 e. The second-order valence-electron chi connectivity index (χ2n) is 4.38. The maximum Gasteiger partial charge on any atom is 0.258 e. The molecule has 5 nitrogen and oxygen atoms in total. The molecule has 0 saturated carbocycles. The molecule has 0 atom stereocenters.